The van der Waals surface area contributed by atoms with Crippen LogP contribution in [0.4, 0.5) is 5.69 Å². The van der Waals surface area contributed by atoms with Gasteiger partial charge in [0.15, 0.2) is 0 Å². The number of hydrogen-bond acceptors (Lipinski definition) is 3. The molecule has 0 saturated heterocycles. The normalized spacial score (nSPS) is 10.3. The first-order valence-electron chi connectivity index (χ1n) is 6.32. The van der Waals surface area contributed by atoms with Crippen LogP contribution in [0.2, 0.25) is 0 Å². The predicted molar refractivity (Wildman–Crippen MR) is 77.5 cm³/mol. The van der Waals surface area contributed by atoms with Crippen molar-refractivity contribution in [3.05, 3.63) is 65.2 Å². The molecule has 0 aliphatic rings. The highest BCUT2D eigenvalue weighted by molar-refractivity contribution is 6.05. The first-order valence-corrected chi connectivity index (χ1v) is 6.32. The lowest BCUT2D eigenvalue weighted by molar-refractivity contribution is 0.102. The van der Waals surface area contributed by atoms with Gasteiger partial charge in [-0.2, -0.15) is 0 Å². The van der Waals surface area contributed by atoms with Gasteiger partial charge in [0.05, 0.1) is 13.2 Å². The molecule has 2 N–H and O–H groups in total. The van der Waals surface area contributed by atoms with E-state index in [1.54, 1.807) is 37.4 Å². The largest absolute Gasteiger partial charge is 0.392 e. The van der Waals surface area contributed by atoms with Crippen LogP contribution >= 0.6 is 0 Å². The Morgan fingerprint density at radius 1 is 1.20 bits per heavy atom. The number of carbonyl (C=O) groups excluding carboxylic acids is 1. The van der Waals surface area contributed by atoms with Crippen LogP contribution in [0, 0.1) is 0 Å². The molecule has 1 amide bonds. The molecule has 4 nitrogen and oxygen atoms in total. The van der Waals surface area contributed by atoms with Crippen molar-refractivity contribution in [2.45, 2.75) is 13.2 Å². The average Bonchev–Trinajstić information content (AvgIpc) is 2.48. The maximum Gasteiger partial charge on any atom is 0.256 e. The van der Waals surface area contributed by atoms with E-state index in [0.717, 1.165) is 11.1 Å². The summed E-state index contributed by atoms with van der Waals surface area (Å²) in [4.78, 5) is 12.3. The van der Waals surface area contributed by atoms with Gasteiger partial charge in [0.2, 0.25) is 0 Å². The van der Waals surface area contributed by atoms with Gasteiger partial charge in [-0.1, -0.05) is 30.3 Å². The van der Waals surface area contributed by atoms with Crippen molar-refractivity contribution in [2.75, 3.05) is 12.4 Å². The molecule has 0 radical (unpaired) electrons. The van der Waals surface area contributed by atoms with Crippen molar-refractivity contribution in [1.82, 2.24) is 0 Å². The third kappa shape index (κ3) is 3.44. The van der Waals surface area contributed by atoms with Crippen molar-refractivity contribution >= 4 is 11.6 Å². The van der Waals surface area contributed by atoms with Crippen molar-refractivity contribution in [2.24, 2.45) is 0 Å². The quantitative estimate of drug-likeness (QED) is 0.878. The molecule has 0 fully saturated rings. The zero-order chi connectivity index (χ0) is 14.4. The maximum atomic E-state index is 12.3. The second-order valence-electron chi connectivity index (χ2n) is 4.40. The predicted octanol–water partition coefficient (Wildman–Crippen LogP) is 2.58. The minimum Gasteiger partial charge on any atom is -0.392 e. The van der Waals surface area contributed by atoms with Gasteiger partial charge < -0.3 is 15.2 Å². The Kier molecular flexibility index (Phi) is 4.87. The van der Waals surface area contributed by atoms with Crippen LogP contribution in [0.25, 0.3) is 0 Å². The van der Waals surface area contributed by atoms with Gasteiger partial charge in [-0.15, -0.1) is 0 Å². The highest BCUT2D eigenvalue weighted by Crippen LogP contribution is 2.15. The molecule has 0 heterocycles. The Bertz CT molecular complexity index is 596. The summed E-state index contributed by atoms with van der Waals surface area (Å²) in [6.07, 6.45) is 0. The zero-order valence-corrected chi connectivity index (χ0v) is 11.3. The number of hydrogen-bond donors (Lipinski definition) is 2. The van der Waals surface area contributed by atoms with Gasteiger partial charge >= 0.3 is 0 Å². The Balaban J connectivity index is 2.19. The average molecular weight is 271 g/mol. The fraction of sp³-hybridized carbons (Fsp3) is 0.188. The number of ether oxygens (including phenoxy) is 1. The Morgan fingerprint density at radius 3 is 2.75 bits per heavy atom. The summed E-state index contributed by atoms with van der Waals surface area (Å²) in [6, 6.07) is 14.4. The van der Waals surface area contributed by atoms with E-state index in [-0.39, 0.29) is 12.5 Å². The number of amides is 1. The molecule has 0 bridgehead atoms. The molecule has 20 heavy (non-hydrogen) atoms. The summed E-state index contributed by atoms with van der Waals surface area (Å²) in [7, 11) is 1.60. The fourth-order valence-corrected chi connectivity index (χ4v) is 1.97. The van der Waals surface area contributed by atoms with Crippen LogP contribution in [0.3, 0.4) is 0 Å². The lowest BCUT2D eigenvalue weighted by Crippen LogP contribution is -2.14. The summed E-state index contributed by atoms with van der Waals surface area (Å²) in [5, 5.41) is 11.9. The molecular weight excluding hydrogens is 254 g/mol. The summed E-state index contributed by atoms with van der Waals surface area (Å²) >= 11 is 0. The van der Waals surface area contributed by atoms with Crippen LogP contribution in [0.1, 0.15) is 21.5 Å². The van der Waals surface area contributed by atoms with Crippen LogP contribution in [-0.2, 0) is 18.0 Å². The van der Waals surface area contributed by atoms with Gasteiger partial charge in [-0.3, -0.25) is 4.79 Å². The van der Waals surface area contributed by atoms with Crippen LogP contribution in [-0.4, -0.2) is 18.1 Å². The van der Waals surface area contributed by atoms with E-state index >= 15 is 0 Å². The monoisotopic (exact) mass is 271 g/mol. The summed E-state index contributed by atoms with van der Waals surface area (Å²) in [5.41, 5.74) is 2.84. The maximum absolute atomic E-state index is 12.3. The first kappa shape index (κ1) is 14.2. The molecule has 2 aromatic carbocycles. The minimum absolute atomic E-state index is 0.0516. The standard InChI is InChI=1S/C16H17NO3/c1-20-11-13-6-2-3-8-15(13)16(19)17-14-7-4-5-12(9-14)10-18/h2-9,18H,10-11H2,1H3,(H,17,19). The van der Waals surface area contributed by atoms with E-state index in [9.17, 15) is 4.79 Å². The number of benzene rings is 2. The molecule has 0 aromatic heterocycles. The molecule has 2 aromatic rings. The number of rotatable bonds is 5. The fourth-order valence-electron chi connectivity index (χ4n) is 1.97. The van der Waals surface area contributed by atoms with E-state index < -0.39 is 0 Å². The minimum atomic E-state index is -0.187. The molecule has 2 rings (SSSR count). The van der Waals surface area contributed by atoms with Gasteiger partial charge in [0, 0.05) is 18.4 Å². The van der Waals surface area contributed by atoms with Crippen molar-refractivity contribution in [3.63, 3.8) is 0 Å². The van der Waals surface area contributed by atoms with Crippen molar-refractivity contribution < 1.29 is 14.6 Å². The topological polar surface area (TPSA) is 58.6 Å². The van der Waals surface area contributed by atoms with E-state index in [1.165, 1.54) is 0 Å². The van der Waals surface area contributed by atoms with Gasteiger partial charge in [0.1, 0.15) is 0 Å². The first-order chi connectivity index (χ1) is 9.74. The molecule has 0 atom stereocenters. The number of carbonyl (C=O) groups is 1. The Hall–Kier alpha value is -2.17. The molecule has 4 heteroatoms. The highest BCUT2D eigenvalue weighted by atomic mass is 16.5. The second-order valence-corrected chi connectivity index (χ2v) is 4.40. The number of aliphatic hydroxyl groups is 1. The SMILES string of the molecule is COCc1ccccc1C(=O)Nc1cccc(CO)c1. The van der Waals surface area contributed by atoms with Gasteiger partial charge in [0.25, 0.3) is 5.91 Å². The second kappa shape index (κ2) is 6.84. The van der Waals surface area contributed by atoms with E-state index in [4.69, 9.17) is 9.84 Å². The van der Waals surface area contributed by atoms with Crippen molar-refractivity contribution in [3.8, 4) is 0 Å². The Labute approximate surface area is 118 Å². The number of anilines is 1. The van der Waals surface area contributed by atoms with Crippen LogP contribution in [0.15, 0.2) is 48.5 Å². The third-order valence-electron chi connectivity index (χ3n) is 2.93. The number of methoxy groups -OCH3 is 1. The lowest BCUT2D eigenvalue weighted by Gasteiger charge is -2.10. The molecule has 0 spiro atoms. The van der Waals surface area contributed by atoms with E-state index in [0.29, 0.717) is 17.9 Å². The smallest absolute Gasteiger partial charge is 0.256 e. The number of nitrogens with one attached hydrogen (secondary N) is 1. The molecule has 0 aliphatic carbocycles. The van der Waals surface area contributed by atoms with Crippen LogP contribution in [0.5, 0.6) is 0 Å². The molecule has 104 valence electrons. The number of aliphatic hydroxyl groups excluding tert-OH is 1. The summed E-state index contributed by atoms with van der Waals surface area (Å²) < 4.78 is 5.09. The van der Waals surface area contributed by atoms with Crippen LogP contribution < -0.4 is 5.32 Å². The van der Waals surface area contributed by atoms with E-state index in [1.807, 2.05) is 18.2 Å². The highest BCUT2D eigenvalue weighted by Gasteiger charge is 2.11. The molecular formula is C16H17NO3. The molecule has 0 aliphatic heterocycles. The lowest BCUT2D eigenvalue weighted by atomic mass is 10.1. The van der Waals surface area contributed by atoms with Gasteiger partial charge in [-0.25, -0.2) is 0 Å². The Morgan fingerprint density at radius 2 is 2.00 bits per heavy atom. The molecule has 0 unspecified atom stereocenters. The summed E-state index contributed by atoms with van der Waals surface area (Å²) in [6.45, 7) is 0.338. The zero-order valence-electron chi connectivity index (χ0n) is 11.3. The van der Waals surface area contributed by atoms with E-state index in [2.05, 4.69) is 5.32 Å². The third-order valence-corrected chi connectivity index (χ3v) is 2.93. The summed E-state index contributed by atoms with van der Waals surface area (Å²) in [5.74, 6) is -0.187. The van der Waals surface area contributed by atoms with Gasteiger partial charge in [-0.05, 0) is 29.3 Å². The molecule has 0 saturated carbocycles. The van der Waals surface area contributed by atoms with Crippen molar-refractivity contribution in [1.29, 1.82) is 0 Å².